The highest BCUT2D eigenvalue weighted by molar-refractivity contribution is 7.09. The lowest BCUT2D eigenvalue weighted by Gasteiger charge is -2.09. The molecule has 1 aromatic heterocycles. The zero-order chi connectivity index (χ0) is 18.1. The van der Waals surface area contributed by atoms with Gasteiger partial charge in [0.05, 0.1) is 18.7 Å². The molecule has 5 nitrogen and oxygen atoms in total. The van der Waals surface area contributed by atoms with E-state index in [0.717, 1.165) is 11.3 Å². The van der Waals surface area contributed by atoms with Crippen LogP contribution in [0.4, 0.5) is 0 Å². The third-order valence-corrected chi connectivity index (χ3v) is 4.30. The van der Waals surface area contributed by atoms with E-state index in [1.807, 2.05) is 17.5 Å². The van der Waals surface area contributed by atoms with E-state index < -0.39 is 5.97 Å². The first-order valence-corrected chi connectivity index (χ1v) is 9.11. The van der Waals surface area contributed by atoms with Crippen LogP contribution in [0.1, 0.15) is 35.5 Å². The highest BCUT2D eigenvalue weighted by Gasteiger charge is 2.10. The monoisotopic (exact) mass is 361 g/mol. The molecule has 0 aliphatic carbocycles. The molecule has 0 fully saturated rings. The first-order valence-electron chi connectivity index (χ1n) is 8.23. The lowest BCUT2D eigenvalue weighted by molar-refractivity contribution is -0.124. The van der Waals surface area contributed by atoms with E-state index >= 15 is 0 Å². The van der Waals surface area contributed by atoms with E-state index in [9.17, 15) is 9.59 Å². The number of thiophene rings is 1. The van der Waals surface area contributed by atoms with Crippen molar-refractivity contribution in [3.05, 3.63) is 52.2 Å². The lowest BCUT2D eigenvalue weighted by atomic mass is 10.1. The molecule has 0 aliphatic rings. The standard InChI is InChI=1S/C19H23NO4S/c1-14(2)9-10-23-16-7-5-15(6-8-16)19(22)24-13-18(21)20-12-17-4-3-11-25-17/h3-8,11,14H,9-10,12-13H2,1-2H3,(H,20,21). The molecule has 2 aromatic rings. The molecule has 25 heavy (non-hydrogen) atoms. The summed E-state index contributed by atoms with van der Waals surface area (Å²) in [5.41, 5.74) is 0.391. The summed E-state index contributed by atoms with van der Waals surface area (Å²) in [7, 11) is 0. The second-order valence-corrected chi connectivity index (χ2v) is 7.02. The van der Waals surface area contributed by atoms with Crippen molar-refractivity contribution >= 4 is 23.2 Å². The molecule has 0 radical (unpaired) electrons. The van der Waals surface area contributed by atoms with Crippen LogP contribution in [0.15, 0.2) is 41.8 Å². The van der Waals surface area contributed by atoms with E-state index in [0.29, 0.717) is 30.4 Å². The summed E-state index contributed by atoms with van der Waals surface area (Å²) in [5.74, 6) is 0.446. The highest BCUT2D eigenvalue weighted by Crippen LogP contribution is 2.14. The molecule has 2 rings (SSSR count). The van der Waals surface area contributed by atoms with E-state index in [1.165, 1.54) is 0 Å². The average molecular weight is 361 g/mol. The fourth-order valence-corrected chi connectivity index (χ4v) is 2.61. The number of benzene rings is 1. The van der Waals surface area contributed by atoms with Gasteiger partial charge < -0.3 is 14.8 Å². The lowest BCUT2D eigenvalue weighted by Crippen LogP contribution is -2.28. The Morgan fingerprint density at radius 1 is 1.16 bits per heavy atom. The summed E-state index contributed by atoms with van der Waals surface area (Å²) < 4.78 is 10.6. The molecule has 0 spiro atoms. The Bertz CT molecular complexity index is 665. The van der Waals surface area contributed by atoms with Gasteiger partial charge in [0, 0.05) is 4.88 Å². The van der Waals surface area contributed by atoms with Gasteiger partial charge in [0.2, 0.25) is 0 Å². The Morgan fingerprint density at radius 2 is 1.92 bits per heavy atom. The van der Waals surface area contributed by atoms with Crippen molar-refractivity contribution in [1.82, 2.24) is 5.32 Å². The molecule has 134 valence electrons. The van der Waals surface area contributed by atoms with Gasteiger partial charge in [-0.05, 0) is 48.1 Å². The van der Waals surface area contributed by atoms with Crippen molar-refractivity contribution in [2.75, 3.05) is 13.2 Å². The van der Waals surface area contributed by atoms with Crippen LogP contribution in [0.25, 0.3) is 0 Å². The number of rotatable bonds is 9. The molecule has 1 aromatic carbocycles. The Morgan fingerprint density at radius 3 is 2.56 bits per heavy atom. The third-order valence-electron chi connectivity index (χ3n) is 3.43. The van der Waals surface area contributed by atoms with Crippen LogP contribution in [0.2, 0.25) is 0 Å². The predicted octanol–water partition coefficient (Wildman–Crippen LogP) is 3.65. The van der Waals surface area contributed by atoms with E-state index in [1.54, 1.807) is 35.6 Å². The van der Waals surface area contributed by atoms with Crippen LogP contribution in [-0.4, -0.2) is 25.1 Å². The molecule has 1 amide bonds. The SMILES string of the molecule is CC(C)CCOc1ccc(C(=O)OCC(=O)NCc2cccs2)cc1. The second-order valence-electron chi connectivity index (χ2n) is 5.99. The van der Waals surface area contributed by atoms with Gasteiger partial charge in [-0.15, -0.1) is 11.3 Å². The highest BCUT2D eigenvalue weighted by atomic mass is 32.1. The molecule has 0 saturated heterocycles. The third kappa shape index (κ3) is 6.97. The molecule has 0 atom stereocenters. The fraction of sp³-hybridized carbons (Fsp3) is 0.368. The molecule has 0 aliphatic heterocycles. The fourth-order valence-electron chi connectivity index (χ4n) is 1.96. The van der Waals surface area contributed by atoms with Crippen LogP contribution in [-0.2, 0) is 16.1 Å². The van der Waals surface area contributed by atoms with Gasteiger partial charge in [0.15, 0.2) is 6.61 Å². The summed E-state index contributed by atoms with van der Waals surface area (Å²) in [6.45, 7) is 5.07. The molecular weight excluding hydrogens is 338 g/mol. The first kappa shape index (κ1) is 19.0. The average Bonchev–Trinajstić information content (AvgIpc) is 3.11. The number of carbonyl (C=O) groups excluding carboxylic acids is 2. The number of hydrogen-bond acceptors (Lipinski definition) is 5. The van der Waals surface area contributed by atoms with Crippen molar-refractivity contribution < 1.29 is 19.1 Å². The van der Waals surface area contributed by atoms with Gasteiger partial charge in [0.25, 0.3) is 5.91 Å². The summed E-state index contributed by atoms with van der Waals surface area (Å²) in [4.78, 5) is 24.7. The largest absolute Gasteiger partial charge is 0.494 e. The molecular formula is C19H23NO4S. The minimum atomic E-state index is -0.528. The smallest absolute Gasteiger partial charge is 0.338 e. The van der Waals surface area contributed by atoms with Crippen molar-refractivity contribution in [1.29, 1.82) is 0 Å². The maximum Gasteiger partial charge on any atom is 0.338 e. The maximum atomic E-state index is 12.0. The number of hydrogen-bond donors (Lipinski definition) is 1. The van der Waals surface area contributed by atoms with Crippen molar-refractivity contribution in [2.45, 2.75) is 26.8 Å². The van der Waals surface area contributed by atoms with Gasteiger partial charge in [-0.2, -0.15) is 0 Å². The number of nitrogens with one attached hydrogen (secondary N) is 1. The summed E-state index contributed by atoms with van der Waals surface area (Å²) in [6.07, 6.45) is 0.977. The minimum absolute atomic E-state index is 0.295. The van der Waals surface area contributed by atoms with Crippen LogP contribution in [0, 0.1) is 5.92 Å². The maximum absolute atomic E-state index is 12.0. The van der Waals surface area contributed by atoms with Crippen molar-refractivity contribution in [3.8, 4) is 5.75 Å². The van der Waals surface area contributed by atoms with E-state index in [-0.39, 0.29) is 12.5 Å². The Kier molecular flexibility index (Phi) is 7.47. The second kappa shape index (κ2) is 9.84. The van der Waals surface area contributed by atoms with Crippen LogP contribution < -0.4 is 10.1 Å². The van der Waals surface area contributed by atoms with E-state index in [4.69, 9.17) is 9.47 Å². The van der Waals surface area contributed by atoms with Crippen LogP contribution in [0.5, 0.6) is 5.75 Å². The number of esters is 1. The molecule has 0 saturated carbocycles. The Labute approximate surface area is 152 Å². The van der Waals surface area contributed by atoms with E-state index in [2.05, 4.69) is 19.2 Å². The van der Waals surface area contributed by atoms with Gasteiger partial charge in [-0.1, -0.05) is 19.9 Å². The zero-order valence-corrected chi connectivity index (χ0v) is 15.3. The zero-order valence-electron chi connectivity index (χ0n) is 14.5. The molecule has 0 bridgehead atoms. The molecule has 6 heteroatoms. The topological polar surface area (TPSA) is 64.6 Å². The van der Waals surface area contributed by atoms with Crippen molar-refractivity contribution in [3.63, 3.8) is 0 Å². The normalized spacial score (nSPS) is 10.5. The van der Waals surface area contributed by atoms with Gasteiger partial charge in [0.1, 0.15) is 5.75 Å². The van der Waals surface area contributed by atoms with Crippen LogP contribution >= 0.6 is 11.3 Å². The van der Waals surface area contributed by atoms with Gasteiger partial charge in [-0.25, -0.2) is 4.79 Å². The molecule has 1 N–H and O–H groups in total. The predicted molar refractivity (Wildman–Crippen MR) is 97.8 cm³/mol. The number of amides is 1. The van der Waals surface area contributed by atoms with Crippen molar-refractivity contribution in [2.24, 2.45) is 5.92 Å². The summed E-state index contributed by atoms with van der Waals surface area (Å²) >= 11 is 1.56. The minimum Gasteiger partial charge on any atom is -0.494 e. The Balaban J connectivity index is 1.71. The summed E-state index contributed by atoms with van der Waals surface area (Å²) in [6, 6.07) is 10.6. The van der Waals surface area contributed by atoms with Crippen LogP contribution in [0.3, 0.4) is 0 Å². The number of carbonyl (C=O) groups is 2. The Hall–Kier alpha value is -2.34. The summed E-state index contributed by atoms with van der Waals surface area (Å²) in [5, 5.41) is 4.65. The van der Waals surface area contributed by atoms with Gasteiger partial charge >= 0.3 is 5.97 Å². The van der Waals surface area contributed by atoms with Gasteiger partial charge in [-0.3, -0.25) is 4.79 Å². The number of ether oxygens (including phenoxy) is 2. The molecule has 1 heterocycles. The first-order chi connectivity index (χ1) is 12.0. The molecule has 0 unspecified atom stereocenters. The quantitative estimate of drug-likeness (QED) is 0.693.